The number of carbonyl (C=O) groups is 1. The number of allylic oxidation sites excluding steroid dienone is 1. The van der Waals surface area contributed by atoms with Crippen molar-refractivity contribution in [2.24, 2.45) is 5.92 Å². The summed E-state index contributed by atoms with van der Waals surface area (Å²) in [6.07, 6.45) is 7.42. The summed E-state index contributed by atoms with van der Waals surface area (Å²) in [4.78, 5) is 12.5. The highest BCUT2D eigenvalue weighted by Crippen LogP contribution is 2.27. The first-order valence-electron chi connectivity index (χ1n) is 7.56. The minimum atomic E-state index is -0.411. The van der Waals surface area contributed by atoms with Crippen molar-refractivity contribution in [3.05, 3.63) is 47.4 Å². The summed E-state index contributed by atoms with van der Waals surface area (Å²) < 4.78 is 1.31. The summed E-state index contributed by atoms with van der Waals surface area (Å²) in [5.41, 5.74) is 0. The van der Waals surface area contributed by atoms with Gasteiger partial charge >= 0.3 is 0 Å². The molecule has 2 nitrogen and oxygen atoms in total. The zero-order valence-electron chi connectivity index (χ0n) is 12.0. The summed E-state index contributed by atoms with van der Waals surface area (Å²) in [7, 11) is 0. The molecule has 1 saturated carbocycles. The molecule has 1 heterocycles. The van der Waals surface area contributed by atoms with Gasteiger partial charge in [-0.3, -0.25) is 4.79 Å². The van der Waals surface area contributed by atoms with E-state index in [1.165, 1.54) is 15.0 Å². The normalized spacial score (nSPS) is 20.6. The molecule has 0 amide bonds. The molecule has 1 aromatic heterocycles. The molecule has 1 N–H and O–H groups in total. The second kappa shape index (κ2) is 6.54. The Labute approximate surface area is 129 Å². The summed E-state index contributed by atoms with van der Waals surface area (Å²) >= 11 is 1.80. The molecule has 110 valence electrons. The van der Waals surface area contributed by atoms with Crippen LogP contribution in [0.5, 0.6) is 0 Å². The minimum absolute atomic E-state index is 0.344. The van der Waals surface area contributed by atoms with Crippen LogP contribution in [-0.4, -0.2) is 17.0 Å². The smallest absolute Gasteiger partial charge is 0.133 e. The first-order chi connectivity index (χ1) is 10.2. The third kappa shape index (κ3) is 3.80. The highest BCUT2D eigenvalue weighted by atomic mass is 32.1. The van der Waals surface area contributed by atoms with E-state index >= 15 is 0 Å². The minimum Gasteiger partial charge on any atom is -0.389 e. The lowest BCUT2D eigenvalue weighted by Crippen LogP contribution is -2.04. The summed E-state index contributed by atoms with van der Waals surface area (Å²) in [5.74, 6) is 0.695. The summed E-state index contributed by atoms with van der Waals surface area (Å²) in [6.45, 7) is 0. The SMILES string of the molecule is O=C1CC[C@H](/C=C/C(O)CCc2cc3ccccc3s2)C1. The van der Waals surface area contributed by atoms with E-state index < -0.39 is 6.10 Å². The second-order valence-corrected chi connectivity index (χ2v) is 6.95. The molecule has 1 fully saturated rings. The van der Waals surface area contributed by atoms with Crippen LogP contribution in [-0.2, 0) is 11.2 Å². The van der Waals surface area contributed by atoms with Crippen LogP contribution >= 0.6 is 11.3 Å². The van der Waals surface area contributed by atoms with E-state index in [0.29, 0.717) is 24.5 Å². The monoisotopic (exact) mass is 300 g/mol. The number of Topliss-reactive ketones (excluding diaryl/α,β-unsaturated/α-hetero) is 1. The maximum Gasteiger partial charge on any atom is 0.133 e. The molecule has 1 aliphatic carbocycles. The molecule has 0 bridgehead atoms. The van der Waals surface area contributed by atoms with E-state index in [4.69, 9.17) is 0 Å². The van der Waals surface area contributed by atoms with E-state index in [0.717, 1.165) is 19.3 Å². The Morgan fingerprint density at radius 2 is 2.24 bits per heavy atom. The summed E-state index contributed by atoms with van der Waals surface area (Å²) in [5, 5.41) is 11.3. The average molecular weight is 300 g/mol. The van der Waals surface area contributed by atoms with Crippen LogP contribution in [0.3, 0.4) is 0 Å². The number of aliphatic hydroxyl groups is 1. The van der Waals surface area contributed by atoms with Gasteiger partial charge in [0, 0.05) is 22.4 Å². The molecule has 2 atom stereocenters. The van der Waals surface area contributed by atoms with Crippen LogP contribution in [0.4, 0.5) is 0 Å². The van der Waals surface area contributed by atoms with Crippen LogP contribution in [0.15, 0.2) is 42.5 Å². The van der Waals surface area contributed by atoms with E-state index in [9.17, 15) is 9.90 Å². The first kappa shape index (κ1) is 14.5. The lowest BCUT2D eigenvalue weighted by Gasteiger charge is -2.05. The van der Waals surface area contributed by atoms with Crippen molar-refractivity contribution in [2.75, 3.05) is 0 Å². The van der Waals surface area contributed by atoms with E-state index in [1.807, 2.05) is 12.2 Å². The van der Waals surface area contributed by atoms with E-state index in [2.05, 4.69) is 30.3 Å². The number of hydrogen-bond donors (Lipinski definition) is 1. The van der Waals surface area contributed by atoms with Crippen molar-refractivity contribution in [2.45, 2.75) is 38.2 Å². The predicted molar refractivity (Wildman–Crippen MR) is 87.6 cm³/mol. The summed E-state index contributed by atoms with van der Waals surface area (Å²) in [6, 6.07) is 10.6. The van der Waals surface area contributed by atoms with Gasteiger partial charge in [0.1, 0.15) is 5.78 Å². The molecule has 21 heavy (non-hydrogen) atoms. The molecule has 2 aromatic rings. The molecule has 1 aromatic carbocycles. The van der Waals surface area contributed by atoms with Crippen LogP contribution in [0, 0.1) is 5.92 Å². The number of ketones is 1. The molecule has 1 unspecified atom stereocenters. The number of hydrogen-bond acceptors (Lipinski definition) is 3. The van der Waals surface area contributed by atoms with Gasteiger partial charge in [-0.05, 0) is 42.7 Å². The molecule has 3 heteroatoms. The number of carbonyl (C=O) groups excluding carboxylic acids is 1. The maximum absolute atomic E-state index is 11.2. The van der Waals surface area contributed by atoms with Gasteiger partial charge in [0.15, 0.2) is 0 Å². The highest BCUT2D eigenvalue weighted by Gasteiger charge is 2.19. The first-order valence-corrected chi connectivity index (χ1v) is 8.38. The Morgan fingerprint density at radius 1 is 1.38 bits per heavy atom. The Hall–Kier alpha value is -1.45. The van der Waals surface area contributed by atoms with Gasteiger partial charge in [0.2, 0.25) is 0 Å². The van der Waals surface area contributed by atoms with Crippen LogP contribution < -0.4 is 0 Å². The van der Waals surface area contributed by atoms with Crippen molar-refractivity contribution in [1.29, 1.82) is 0 Å². The van der Waals surface area contributed by atoms with Gasteiger partial charge in [-0.2, -0.15) is 0 Å². The topological polar surface area (TPSA) is 37.3 Å². The maximum atomic E-state index is 11.2. The Morgan fingerprint density at radius 3 is 3.00 bits per heavy atom. The van der Waals surface area contributed by atoms with Gasteiger partial charge in [-0.15, -0.1) is 11.3 Å². The lowest BCUT2D eigenvalue weighted by molar-refractivity contribution is -0.117. The van der Waals surface area contributed by atoms with E-state index in [-0.39, 0.29) is 0 Å². The Kier molecular flexibility index (Phi) is 4.51. The van der Waals surface area contributed by atoms with Gasteiger partial charge < -0.3 is 5.11 Å². The largest absolute Gasteiger partial charge is 0.389 e. The van der Waals surface area contributed by atoms with Crippen molar-refractivity contribution in [3.63, 3.8) is 0 Å². The van der Waals surface area contributed by atoms with Gasteiger partial charge in [0.25, 0.3) is 0 Å². The quantitative estimate of drug-likeness (QED) is 0.843. The number of rotatable bonds is 5. The predicted octanol–water partition coefficient (Wildman–Crippen LogP) is 4.12. The molecular weight excluding hydrogens is 280 g/mol. The standard InChI is InChI=1S/C18H20O2S/c19-15(7-5-13-6-8-16(20)11-13)9-10-17-12-14-3-1-2-4-18(14)21-17/h1-5,7,12-13,15,19H,6,8-11H2/b7-5+/t13-,15?/m0/s1. The molecule has 3 rings (SSSR count). The second-order valence-electron chi connectivity index (χ2n) is 5.78. The van der Waals surface area contributed by atoms with Crippen molar-refractivity contribution in [3.8, 4) is 0 Å². The third-order valence-electron chi connectivity index (χ3n) is 4.05. The van der Waals surface area contributed by atoms with Crippen molar-refractivity contribution in [1.82, 2.24) is 0 Å². The van der Waals surface area contributed by atoms with Crippen LogP contribution in [0.1, 0.15) is 30.6 Å². The van der Waals surface area contributed by atoms with Gasteiger partial charge in [0.05, 0.1) is 6.10 Å². The molecule has 0 aliphatic heterocycles. The third-order valence-corrected chi connectivity index (χ3v) is 5.23. The fourth-order valence-corrected chi connectivity index (χ4v) is 3.92. The van der Waals surface area contributed by atoms with Crippen molar-refractivity contribution >= 4 is 27.2 Å². The number of fused-ring (bicyclic) bond motifs is 1. The van der Waals surface area contributed by atoms with Crippen molar-refractivity contribution < 1.29 is 9.90 Å². The number of benzene rings is 1. The Bertz CT molecular complexity index is 623. The molecule has 0 radical (unpaired) electrons. The Balaban J connectivity index is 1.52. The molecule has 1 aliphatic rings. The van der Waals surface area contributed by atoms with Gasteiger partial charge in [-0.1, -0.05) is 30.4 Å². The fourth-order valence-electron chi connectivity index (χ4n) is 2.84. The highest BCUT2D eigenvalue weighted by molar-refractivity contribution is 7.19. The van der Waals surface area contributed by atoms with Gasteiger partial charge in [-0.25, -0.2) is 0 Å². The molecule has 0 spiro atoms. The number of aliphatic hydroxyl groups excluding tert-OH is 1. The van der Waals surface area contributed by atoms with Crippen LogP contribution in [0.2, 0.25) is 0 Å². The lowest BCUT2D eigenvalue weighted by atomic mass is 10.1. The average Bonchev–Trinajstić information content (AvgIpc) is 3.08. The zero-order valence-corrected chi connectivity index (χ0v) is 12.8. The molecule has 0 saturated heterocycles. The fraction of sp³-hybridized carbons (Fsp3) is 0.389. The van der Waals surface area contributed by atoms with Crippen LogP contribution in [0.25, 0.3) is 10.1 Å². The number of thiophene rings is 1. The van der Waals surface area contributed by atoms with E-state index in [1.54, 1.807) is 11.3 Å². The zero-order chi connectivity index (χ0) is 14.7. The number of aryl methyl sites for hydroxylation is 1. The molecular formula is C18H20O2S.